The molecule has 0 fully saturated rings. The van der Waals surface area contributed by atoms with E-state index in [1.165, 1.54) is 39.9 Å². The number of carbonyl (C=O) groups excluding carboxylic acids is 1. The zero-order chi connectivity index (χ0) is 15.1. The molecule has 2 rings (SSSR count). The normalized spacial score (nSPS) is 9.45. The molecule has 2 aromatic carbocycles. The molecule has 5 heteroatoms. The Labute approximate surface area is 127 Å². The number of hydrogen-bond donors (Lipinski definition) is 2. The van der Waals surface area contributed by atoms with Gasteiger partial charge < -0.3 is 10.0 Å². The molecule has 2 aromatic rings. The van der Waals surface area contributed by atoms with Gasteiger partial charge >= 0.3 is 7.12 Å². The summed E-state index contributed by atoms with van der Waals surface area (Å²) in [4.78, 5) is 10.2. The molecule has 0 aliphatic rings. The highest BCUT2D eigenvalue weighted by Gasteiger charge is 2.08. The minimum atomic E-state index is -1.46. The summed E-state index contributed by atoms with van der Waals surface area (Å²) >= 11 is 3.43. The number of aldehydes is 1. The molecule has 3 nitrogen and oxygen atoms in total. The fourth-order valence-electron chi connectivity index (χ4n) is 1.54. The SMILES string of the molecule is Cc1ccc(Br)c(C)c1.O=Cc1ccc(B(O)O)cc1. The van der Waals surface area contributed by atoms with Gasteiger partial charge in [-0.15, -0.1) is 0 Å². The third-order valence-electron chi connectivity index (χ3n) is 2.68. The third kappa shape index (κ3) is 5.29. The van der Waals surface area contributed by atoms with Crippen LogP contribution in [0.4, 0.5) is 0 Å². The Kier molecular flexibility index (Phi) is 6.65. The van der Waals surface area contributed by atoms with E-state index in [9.17, 15) is 4.79 Å². The summed E-state index contributed by atoms with van der Waals surface area (Å²) in [6, 6.07) is 12.4. The van der Waals surface area contributed by atoms with Crippen LogP contribution in [0.3, 0.4) is 0 Å². The van der Waals surface area contributed by atoms with E-state index in [0.717, 1.165) is 0 Å². The molecule has 20 heavy (non-hydrogen) atoms. The predicted molar refractivity (Wildman–Crippen MR) is 85.3 cm³/mol. The van der Waals surface area contributed by atoms with Gasteiger partial charge in [-0.2, -0.15) is 0 Å². The summed E-state index contributed by atoms with van der Waals surface area (Å²) in [6.07, 6.45) is 0.702. The Balaban J connectivity index is 0.000000204. The molecule has 0 spiro atoms. The molecule has 0 saturated heterocycles. The lowest BCUT2D eigenvalue weighted by atomic mass is 9.80. The average molecular weight is 335 g/mol. The Hall–Kier alpha value is -1.43. The summed E-state index contributed by atoms with van der Waals surface area (Å²) in [5.41, 5.74) is 3.52. The van der Waals surface area contributed by atoms with Gasteiger partial charge in [0, 0.05) is 10.0 Å². The molecule has 104 valence electrons. The lowest BCUT2D eigenvalue weighted by molar-refractivity contribution is 0.112. The minimum Gasteiger partial charge on any atom is -0.423 e. The summed E-state index contributed by atoms with van der Waals surface area (Å²) in [6.45, 7) is 4.19. The van der Waals surface area contributed by atoms with Gasteiger partial charge in [0.2, 0.25) is 0 Å². The highest BCUT2D eigenvalue weighted by Crippen LogP contribution is 2.15. The van der Waals surface area contributed by atoms with Crippen molar-refractivity contribution >= 4 is 34.8 Å². The lowest BCUT2D eigenvalue weighted by Crippen LogP contribution is -2.29. The van der Waals surface area contributed by atoms with Crippen molar-refractivity contribution < 1.29 is 14.8 Å². The Bertz CT molecular complexity index is 568. The maximum absolute atomic E-state index is 10.2. The van der Waals surface area contributed by atoms with E-state index in [2.05, 4.69) is 48.0 Å². The van der Waals surface area contributed by atoms with Gasteiger partial charge in [-0.1, -0.05) is 57.9 Å². The Morgan fingerprint density at radius 3 is 2.05 bits per heavy atom. The standard InChI is InChI=1S/C8H9Br.C7H7BO3/c1-6-3-4-8(9)7(2)5-6;9-5-6-1-3-7(4-2-6)8(10)11/h3-5H,1-2H3;1-5,10-11H. The van der Waals surface area contributed by atoms with Gasteiger partial charge in [0.15, 0.2) is 0 Å². The van der Waals surface area contributed by atoms with Gasteiger partial charge in [-0.05, 0) is 30.9 Å². The first-order valence-corrected chi connectivity index (χ1v) is 6.87. The van der Waals surface area contributed by atoms with Gasteiger partial charge in [0.1, 0.15) is 6.29 Å². The van der Waals surface area contributed by atoms with Crippen molar-refractivity contribution in [1.29, 1.82) is 0 Å². The van der Waals surface area contributed by atoms with Gasteiger partial charge in [-0.3, -0.25) is 4.79 Å². The zero-order valence-electron chi connectivity index (χ0n) is 11.4. The maximum atomic E-state index is 10.2. The summed E-state index contributed by atoms with van der Waals surface area (Å²) in [5, 5.41) is 17.3. The number of benzene rings is 2. The smallest absolute Gasteiger partial charge is 0.423 e. The average Bonchev–Trinajstić information content (AvgIpc) is 2.44. The number of hydrogen-bond acceptors (Lipinski definition) is 3. The van der Waals surface area contributed by atoms with Gasteiger partial charge in [-0.25, -0.2) is 0 Å². The largest absolute Gasteiger partial charge is 0.488 e. The van der Waals surface area contributed by atoms with Crippen LogP contribution in [-0.2, 0) is 0 Å². The van der Waals surface area contributed by atoms with Crippen molar-refractivity contribution in [3.63, 3.8) is 0 Å². The van der Waals surface area contributed by atoms with E-state index in [1.807, 2.05) is 0 Å². The fourth-order valence-corrected chi connectivity index (χ4v) is 1.79. The number of aryl methyl sites for hydroxylation is 2. The van der Waals surface area contributed by atoms with Crippen LogP contribution < -0.4 is 5.46 Å². The van der Waals surface area contributed by atoms with E-state index in [4.69, 9.17) is 10.0 Å². The van der Waals surface area contributed by atoms with E-state index >= 15 is 0 Å². The molecule has 2 N–H and O–H groups in total. The van der Waals surface area contributed by atoms with Crippen LogP contribution in [0.2, 0.25) is 0 Å². The van der Waals surface area contributed by atoms with Gasteiger partial charge in [0.25, 0.3) is 0 Å². The third-order valence-corrected chi connectivity index (χ3v) is 3.57. The van der Waals surface area contributed by atoms with Gasteiger partial charge in [0.05, 0.1) is 0 Å². The minimum absolute atomic E-state index is 0.385. The molecular weight excluding hydrogens is 319 g/mol. The molecule has 0 amide bonds. The highest BCUT2D eigenvalue weighted by molar-refractivity contribution is 9.10. The second-order valence-electron chi connectivity index (χ2n) is 4.41. The van der Waals surface area contributed by atoms with E-state index in [1.54, 1.807) is 0 Å². The molecule has 0 aromatic heterocycles. The van der Waals surface area contributed by atoms with E-state index in [0.29, 0.717) is 17.3 Å². The van der Waals surface area contributed by atoms with Crippen molar-refractivity contribution in [3.8, 4) is 0 Å². The second kappa shape index (κ2) is 7.99. The van der Waals surface area contributed by atoms with E-state index in [-0.39, 0.29) is 0 Å². The Morgan fingerprint density at radius 2 is 1.65 bits per heavy atom. The van der Waals surface area contributed by atoms with Crippen LogP contribution in [0.15, 0.2) is 46.9 Å². The molecule has 0 saturated carbocycles. The second-order valence-corrected chi connectivity index (χ2v) is 5.27. The lowest BCUT2D eigenvalue weighted by Gasteiger charge is -1.97. The molecule has 0 atom stereocenters. The van der Waals surface area contributed by atoms with Crippen LogP contribution in [0.5, 0.6) is 0 Å². The Morgan fingerprint density at radius 1 is 1.05 bits per heavy atom. The van der Waals surface area contributed by atoms with Crippen molar-refractivity contribution in [2.75, 3.05) is 0 Å². The first kappa shape index (κ1) is 16.6. The van der Waals surface area contributed by atoms with Crippen LogP contribution in [0, 0.1) is 13.8 Å². The van der Waals surface area contributed by atoms with Crippen LogP contribution in [0.1, 0.15) is 21.5 Å². The molecule has 0 heterocycles. The van der Waals surface area contributed by atoms with Crippen LogP contribution in [-0.4, -0.2) is 23.5 Å². The number of halogens is 1. The molecule has 0 bridgehead atoms. The first-order valence-electron chi connectivity index (χ1n) is 6.08. The number of rotatable bonds is 2. The zero-order valence-corrected chi connectivity index (χ0v) is 13.0. The summed E-state index contributed by atoms with van der Waals surface area (Å²) in [7, 11) is -1.46. The van der Waals surface area contributed by atoms with Crippen molar-refractivity contribution in [1.82, 2.24) is 0 Å². The quantitative estimate of drug-likeness (QED) is 0.654. The van der Waals surface area contributed by atoms with Crippen LogP contribution in [0.25, 0.3) is 0 Å². The summed E-state index contributed by atoms with van der Waals surface area (Å²) in [5.74, 6) is 0. The fraction of sp³-hybridized carbons (Fsp3) is 0.133. The van der Waals surface area contributed by atoms with Crippen LogP contribution >= 0.6 is 15.9 Å². The molecule has 0 aliphatic carbocycles. The molecule has 0 unspecified atom stereocenters. The van der Waals surface area contributed by atoms with Crippen molar-refractivity contribution in [3.05, 3.63) is 63.6 Å². The summed E-state index contributed by atoms with van der Waals surface area (Å²) < 4.78 is 1.19. The molecule has 0 radical (unpaired) electrons. The van der Waals surface area contributed by atoms with Crippen molar-refractivity contribution in [2.24, 2.45) is 0 Å². The van der Waals surface area contributed by atoms with E-state index < -0.39 is 7.12 Å². The first-order chi connectivity index (χ1) is 9.43. The topological polar surface area (TPSA) is 57.5 Å². The monoisotopic (exact) mass is 334 g/mol. The molecule has 0 aliphatic heterocycles. The highest BCUT2D eigenvalue weighted by atomic mass is 79.9. The molecular formula is C15H16BBrO3. The predicted octanol–water partition coefficient (Wildman–Crippen LogP) is 2.24. The number of carbonyl (C=O) groups is 1. The maximum Gasteiger partial charge on any atom is 0.488 e. The van der Waals surface area contributed by atoms with Crippen molar-refractivity contribution in [2.45, 2.75) is 13.8 Å².